The highest BCUT2D eigenvalue weighted by molar-refractivity contribution is 5.67. The van der Waals surface area contributed by atoms with Gasteiger partial charge in [0, 0.05) is 12.4 Å². The molecule has 1 aromatic rings. The van der Waals surface area contributed by atoms with E-state index in [-0.39, 0.29) is 12.3 Å². The molecule has 0 amide bonds. The summed E-state index contributed by atoms with van der Waals surface area (Å²) in [6, 6.07) is 0.295. The fourth-order valence-corrected chi connectivity index (χ4v) is 1.35. The van der Waals surface area contributed by atoms with Crippen molar-refractivity contribution in [1.82, 2.24) is 9.97 Å². The summed E-state index contributed by atoms with van der Waals surface area (Å²) < 4.78 is 4.83. The van der Waals surface area contributed by atoms with Gasteiger partial charge in [0.05, 0.1) is 13.5 Å². The van der Waals surface area contributed by atoms with Crippen molar-refractivity contribution in [1.29, 1.82) is 0 Å². The zero-order chi connectivity index (χ0) is 11.3. The van der Waals surface area contributed by atoms with Gasteiger partial charge in [-0.15, -0.1) is 0 Å². The highest BCUT2D eigenvalue weighted by Gasteiger charge is 2.14. The number of carboxylic acid groups (broad SMARTS) is 1. The fraction of sp³-hybridized carbons (Fsp3) is 0.500. The number of carboxylic acids is 1. The minimum absolute atomic E-state index is 0.0339. The van der Waals surface area contributed by atoms with E-state index >= 15 is 0 Å². The van der Waals surface area contributed by atoms with Gasteiger partial charge < -0.3 is 9.84 Å². The Balaban J connectivity index is 2.78. The first-order valence-corrected chi connectivity index (χ1v) is 4.75. The number of hydrogen-bond donors (Lipinski definition) is 1. The molecule has 1 N–H and O–H groups in total. The third kappa shape index (κ3) is 3.19. The highest BCUT2D eigenvalue weighted by Crippen LogP contribution is 2.22. The number of methoxy groups -OCH3 is 1. The van der Waals surface area contributed by atoms with Crippen molar-refractivity contribution in [2.24, 2.45) is 0 Å². The van der Waals surface area contributed by atoms with Crippen molar-refractivity contribution in [3.63, 3.8) is 0 Å². The molecule has 1 aromatic heterocycles. The minimum atomic E-state index is -0.808. The van der Waals surface area contributed by atoms with Crippen LogP contribution in [0.3, 0.4) is 0 Å². The molecule has 15 heavy (non-hydrogen) atoms. The highest BCUT2D eigenvalue weighted by atomic mass is 16.5. The molecule has 0 aliphatic rings. The Bertz CT molecular complexity index is 324. The monoisotopic (exact) mass is 210 g/mol. The van der Waals surface area contributed by atoms with E-state index in [1.807, 2.05) is 6.92 Å². The Labute approximate surface area is 88.1 Å². The summed E-state index contributed by atoms with van der Waals surface area (Å²) in [7, 11) is 1.49. The van der Waals surface area contributed by atoms with Crippen LogP contribution in [0.4, 0.5) is 0 Å². The lowest BCUT2D eigenvalue weighted by Gasteiger charge is -2.11. The zero-order valence-electron chi connectivity index (χ0n) is 8.80. The third-order valence-electron chi connectivity index (χ3n) is 2.22. The quantitative estimate of drug-likeness (QED) is 0.796. The van der Waals surface area contributed by atoms with Crippen molar-refractivity contribution in [3.05, 3.63) is 18.0 Å². The van der Waals surface area contributed by atoms with Crippen molar-refractivity contribution < 1.29 is 14.6 Å². The van der Waals surface area contributed by atoms with Crippen LogP contribution in [0.5, 0.6) is 6.01 Å². The van der Waals surface area contributed by atoms with E-state index in [4.69, 9.17) is 9.84 Å². The molecule has 5 nitrogen and oxygen atoms in total. The first-order chi connectivity index (χ1) is 7.17. The van der Waals surface area contributed by atoms with Crippen LogP contribution < -0.4 is 4.74 Å². The SMILES string of the molecule is CC[C@@H](CC(=O)O)c1cnc(OC)nc1. The van der Waals surface area contributed by atoms with Gasteiger partial charge in [-0.25, -0.2) is 9.97 Å². The summed E-state index contributed by atoms with van der Waals surface area (Å²) >= 11 is 0. The molecule has 0 spiro atoms. The third-order valence-corrected chi connectivity index (χ3v) is 2.22. The van der Waals surface area contributed by atoms with Gasteiger partial charge in [-0.3, -0.25) is 4.79 Å². The maximum absolute atomic E-state index is 10.6. The van der Waals surface area contributed by atoms with E-state index in [1.165, 1.54) is 7.11 Å². The number of rotatable bonds is 5. The van der Waals surface area contributed by atoms with Gasteiger partial charge in [-0.2, -0.15) is 0 Å². The first-order valence-electron chi connectivity index (χ1n) is 4.75. The molecule has 5 heteroatoms. The molecule has 0 unspecified atom stereocenters. The molecule has 1 heterocycles. The lowest BCUT2D eigenvalue weighted by atomic mass is 9.96. The second-order valence-corrected chi connectivity index (χ2v) is 3.21. The molecule has 0 aliphatic heterocycles. The van der Waals surface area contributed by atoms with Crippen LogP contribution in [0.25, 0.3) is 0 Å². The van der Waals surface area contributed by atoms with Gasteiger partial charge in [-0.05, 0) is 17.9 Å². The van der Waals surface area contributed by atoms with Crippen LogP contribution in [0, 0.1) is 0 Å². The second-order valence-electron chi connectivity index (χ2n) is 3.21. The van der Waals surface area contributed by atoms with Crippen LogP contribution in [-0.4, -0.2) is 28.2 Å². The lowest BCUT2D eigenvalue weighted by molar-refractivity contribution is -0.137. The number of aromatic nitrogens is 2. The molecular formula is C10H14N2O3. The van der Waals surface area contributed by atoms with E-state index in [0.717, 1.165) is 12.0 Å². The van der Waals surface area contributed by atoms with E-state index in [1.54, 1.807) is 12.4 Å². The lowest BCUT2D eigenvalue weighted by Crippen LogP contribution is -2.06. The zero-order valence-corrected chi connectivity index (χ0v) is 8.80. The molecular weight excluding hydrogens is 196 g/mol. The first kappa shape index (κ1) is 11.4. The van der Waals surface area contributed by atoms with Crippen LogP contribution in [0.1, 0.15) is 31.2 Å². The van der Waals surface area contributed by atoms with E-state index in [2.05, 4.69) is 9.97 Å². The summed E-state index contributed by atoms with van der Waals surface area (Å²) in [6.07, 6.45) is 4.08. The Hall–Kier alpha value is -1.65. The number of carbonyl (C=O) groups is 1. The molecule has 0 fully saturated rings. The summed E-state index contributed by atoms with van der Waals surface area (Å²) in [6.45, 7) is 1.94. The predicted octanol–water partition coefficient (Wildman–Crippen LogP) is 1.45. The van der Waals surface area contributed by atoms with Gasteiger partial charge >= 0.3 is 12.0 Å². The number of ether oxygens (including phenoxy) is 1. The molecule has 1 rings (SSSR count). The molecule has 0 aliphatic carbocycles. The molecule has 0 saturated carbocycles. The summed E-state index contributed by atoms with van der Waals surface area (Å²) in [5.74, 6) is -0.842. The average molecular weight is 210 g/mol. The van der Waals surface area contributed by atoms with Crippen LogP contribution in [0.15, 0.2) is 12.4 Å². The number of aliphatic carboxylic acids is 1. The molecule has 0 radical (unpaired) electrons. The Morgan fingerprint density at radius 2 is 2.13 bits per heavy atom. The average Bonchev–Trinajstić information content (AvgIpc) is 2.26. The maximum Gasteiger partial charge on any atom is 0.316 e. The van der Waals surface area contributed by atoms with Crippen molar-refractivity contribution in [2.45, 2.75) is 25.7 Å². The molecule has 82 valence electrons. The second kappa shape index (κ2) is 5.29. The molecule has 0 saturated heterocycles. The van der Waals surface area contributed by atoms with E-state index < -0.39 is 5.97 Å². The van der Waals surface area contributed by atoms with Crippen LogP contribution in [-0.2, 0) is 4.79 Å². The Morgan fingerprint density at radius 1 is 1.53 bits per heavy atom. The Kier molecular flexibility index (Phi) is 4.03. The summed E-state index contributed by atoms with van der Waals surface area (Å²) in [4.78, 5) is 18.5. The van der Waals surface area contributed by atoms with E-state index in [0.29, 0.717) is 6.01 Å². The summed E-state index contributed by atoms with van der Waals surface area (Å²) in [5.41, 5.74) is 0.834. The number of hydrogen-bond acceptors (Lipinski definition) is 4. The van der Waals surface area contributed by atoms with Gasteiger partial charge in [0.2, 0.25) is 0 Å². The van der Waals surface area contributed by atoms with Crippen LogP contribution in [0.2, 0.25) is 0 Å². The molecule has 0 bridgehead atoms. The summed E-state index contributed by atoms with van der Waals surface area (Å²) in [5, 5.41) is 8.71. The van der Waals surface area contributed by atoms with Gasteiger partial charge in [-0.1, -0.05) is 6.92 Å². The molecule has 0 aromatic carbocycles. The predicted molar refractivity (Wildman–Crippen MR) is 53.9 cm³/mol. The molecule has 1 atom stereocenters. The van der Waals surface area contributed by atoms with Crippen molar-refractivity contribution in [2.75, 3.05) is 7.11 Å². The van der Waals surface area contributed by atoms with Gasteiger partial charge in [0.1, 0.15) is 0 Å². The van der Waals surface area contributed by atoms with Crippen molar-refractivity contribution >= 4 is 5.97 Å². The largest absolute Gasteiger partial charge is 0.481 e. The standard InChI is InChI=1S/C10H14N2O3/c1-3-7(4-9(13)14)8-5-11-10(15-2)12-6-8/h5-7H,3-4H2,1-2H3,(H,13,14)/t7-/m0/s1. The number of nitrogens with zero attached hydrogens (tertiary/aromatic N) is 2. The van der Waals surface area contributed by atoms with Gasteiger partial charge in [0.15, 0.2) is 0 Å². The van der Waals surface area contributed by atoms with Crippen LogP contribution >= 0.6 is 0 Å². The topological polar surface area (TPSA) is 72.3 Å². The smallest absolute Gasteiger partial charge is 0.316 e. The van der Waals surface area contributed by atoms with Gasteiger partial charge in [0.25, 0.3) is 0 Å². The fourth-order valence-electron chi connectivity index (χ4n) is 1.35. The Morgan fingerprint density at radius 3 is 2.53 bits per heavy atom. The minimum Gasteiger partial charge on any atom is -0.481 e. The maximum atomic E-state index is 10.6. The van der Waals surface area contributed by atoms with E-state index in [9.17, 15) is 4.79 Å². The van der Waals surface area contributed by atoms with Crippen molar-refractivity contribution in [3.8, 4) is 6.01 Å². The normalized spacial score (nSPS) is 12.1.